The Morgan fingerprint density at radius 3 is 2.30 bits per heavy atom. The second-order valence-corrected chi connectivity index (χ2v) is 10.1. The Kier molecular flexibility index (Phi) is 6.60. The van der Waals surface area contributed by atoms with Crippen molar-refractivity contribution in [2.75, 3.05) is 38.2 Å². The number of methoxy groups -OCH3 is 1. The summed E-state index contributed by atoms with van der Waals surface area (Å²) in [6.45, 7) is 7.70. The van der Waals surface area contributed by atoms with Gasteiger partial charge in [-0.05, 0) is 38.5 Å². The third-order valence-electron chi connectivity index (χ3n) is 5.19. The number of anilines is 1. The number of hydrogen-bond donors (Lipinski definition) is 0. The number of aryl methyl sites for hydroxylation is 1. The molecule has 0 aliphatic carbocycles. The Morgan fingerprint density at radius 2 is 1.73 bits per heavy atom. The molecule has 2 aromatic rings. The molecular formula is C21H28N4O4S. The molecule has 0 N–H and O–H groups in total. The minimum absolute atomic E-state index is 0.0329. The van der Waals surface area contributed by atoms with Gasteiger partial charge in [-0.2, -0.15) is 4.98 Å². The number of hydrogen-bond acceptors (Lipinski definition) is 7. The lowest BCUT2D eigenvalue weighted by Gasteiger charge is -2.35. The van der Waals surface area contributed by atoms with Crippen molar-refractivity contribution in [3.63, 3.8) is 0 Å². The molecule has 1 saturated heterocycles. The molecule has 8 nitrogen and oxygen atoms in total. The van der Waals surface area contributed by atoms with Gasteiger partial charge >= 0.3 is 0 Å². The predicted octanol–water partition coefficient (Wildman–Crippen LogP) is 1.87. The quantitative estimate of drug-likeness (QED) is 0.688. The molecule has 1 aromatic carbocycles. The average molecular weight is 433 g/mol. The topological polar surface area (TPSA) is 92.7 Å². The van der Waals surface area contributed by atoms with Crippen LogP contribution in [0.2, 0.25) is 0 Å². The summed E-state index contributed by atoms with van der Waals surface area (Å²) in [7, 11) is -1.73. The number of sulfone groups is 1. The summed E-state index contributed by atoms with van der Waals surface area (Å²) >= 11 is 0. The fourth-order valence-corrected chi connectivity index (χ4v) is 4.39. The Bertz CT molecular complexity index is 998. The predicted molar refractivity (Wildman–Crippen MR) is 115 cm³/mol. The van der Waals surface area contributed by atoms with Crippen LogP contribution in [0.3, 0.4) is 0 Å². The first-order chi connectivity index (χ1) is 14.2. The largest absolute Gasteiger partial charge is 0.481 e. The van der Waals surface area contributed by atoms with Crippen molar-refractivity contribution in [2.45, 2.75) is 37.3 Å². The van der Waals surface area contributed by atoms with Crippen molar-refractivity contribution in [1.29, 1.82) is 0 Å². The van der Waals surface area contributed by atoms with Crippen LogP contribution in [0.15, 0.2) is 35.2 Å². The van der Waals surface area contributed by atoms with Gasteiger partial charge in [-0.15, -0.1) is 0 Å². The van der Waals surface area contributed by atoms with E-state index in [1.165, 1.54) is 0 Å². The highest BCUT2D eigenvalue weighted by Crippen LogP contribution is 2.20. The van der Waals surface area contributed by atoms with Gasteiger partial charge in [0.2, 0.25) is 11.8 Å². The Morgan fingerprint density at radius 1 is 1.10 bits per heavy atom. The van der Waals surface area contributed by atoms with E-state index in [0.29, 0.717) is 37.9 Å². The van der Waals surface area contributed by atoms with E-state index in [4.69, 9.17) is 4.74 Å². The standard InChI is InChI=1S/C21H28N4O4S/c1-15(2)30(27,28)18-7-5-17(6-8-18)13-21(26)25-11-9-24(10-12-25)19-14-20(29-4)23-16(3)22-19/h5-8,14-15H,9-13H2,1-4H3. The summed E-state index contributed by atoms with van der Waals surface area (Å²) in [5.74, 6) is 2.00. The molecule has 30 heavy (non-hydrogen) atoms. The number of ether oxygens (including phenoxy) is 1. The van der Waals surface area contributed by atoms with Gasteiger partial charge in [0.1, 0.15) is 11.6 Å². The van der Waals surface area contributed by atoms with Crippen molar-refractivity contribution in [2.24, 2.45) is 0 Å². The molecule has 1 aromatic heterocycles. The summed E-state index contributed by atoms with van der Waals surface area (Å²) < 4.78 is 29.7. The van der Waals surface area contributed by atoms with E-state index in [0.717, 1.165) is 11.4 Å². The Labute approximate surface area is 177 Å². The van der Waals surface area contributed by atoms with Gasteiger partial charge in [-0.25, -0.2) is 13.4 Å². The van der Waals surface area contributed by atoms with Crippen LogP contribution in [0.4, 0.5) is 5.82 Å². The van der Waals surface area contributed by atoms with Crippen LogP contribution in [0, 0.1) is 6.92 Å². The lowest BCUT2D eigenvalue weighted by Crippen LogP contribution is -2.49. The highest BCUT2D eigenvalue weighted by molar-refractivity contribution is 7.92. The zero-order chi connectivity index (χ0) is 21.9. The van der Waals surface area contributed by atoms with Gasteiger partial charge in [0.05, 0.1) is 23.7 Å². The first-order valence-corrected chi connectivity index (χ1v) is 11.5. The molecule has 1 amide bonds. The van der Waals surface area contributed by atoms with E-state index in [-0.39, 0.29) is 17.2 Å². The van der Waals surface area contributed by atoms with Gasteiger partial charge in [0, 0.05) is 32.2 Å². The molecule has 1 aliphatic rings. The van der Waals surface area contributed by atoms with Crippen LogP contribution in [0.5, 0.6) is 5.88 Å². The van der Waals surface area contributed by atoms with Crippen molar-refractivity contribution < 1.29 is 17.9 Å². The number of benzene rings is 1. The fourth-order valence-electron chi connectivity index (χ4n) is 3.33. The van der Waals surface area contributed by atoms with Gasteiger partial charge in [-0.1, -0.05) is 12.1 Å². The smallest absolute Gasteiger partial charge is 0.227 e. The van der Waals surface area contributed by atoms with Crippen LogP contribution in [0.1, 0.15) is 25.2 Å². The lowest BCUT2D eigenvalue weighted by molar-refractivity contribution is -0.130. The summed E-state index contributed by atoms with van der Waals surface area (Å²) in [5.41, 5.74) is 0.807. The highest BCUT2D eigenvalue weighted by atomic mass is 32.2. The monoisotopic (exact) mass is 432 g/mol. The number of carbonyl (C=O) groups is 1. The maximum absolute atomic E-state index is 12.7. The number of carbonyl (C=O) groups excluding carboxylic acids is 1. The average Bonchev–Trinajstić information content (AvgIpc) is 2.73. The molecule has 1 fully saturated rings. The maximum atomic E-state index is 12.7. The zero-order valence-corrected chi connectivity index (χ0v) is 18.6. The molecular weight excluding hydrogens is 404 g/mol. The van der Waals surface area contributed by atoms with Crippen LogP contribution < -0.4 is 9.64 Å². The maximum Gasteiger partial charge on any atom is 0.227 e. The van der Waals surface area contributed by atoms with Crippen LogP contribution in [0.25, 0.3) is 0 Å². The van der Waals surface area contributed by atoms with Crippen LogP contribution in [-0.4, -0.2) is 67.7 Å². The fraction of sp³-hybridized carbons (Fsp3) is 0.476. The van der Waals surface area contributed by atoms with Crippen molar-refractivity contribution in [1.82, 2.24) is 14.9 Å². The first kappa shape index (κ1) is 22.0. The van der Waals surface area contributed by atoms with E-state index in [9.17, 15) is 13.2 Å². The van der Waals surface area contributed by atoms with Gasteiger partial charge in [0.25, 0.3) is 0 Å². The molecule has 0 saturated carbocycles. The second-order valence-electron chi connectivity index (χ2n) is 7.60. The SMILES string of the molecule is COc1cc(N2CCN(C(=O)Cc3ccc(S(=O)(=O)C(C)C)cc3)CC2)nc(C)n1. The van der Waals surface area contributed by atoms with Gasteiger partial charge < -0.3 is 14.5 Å². The minimum Gasteiger partial charge on any atom is -0.481 e. The third-order valence-corrected chi connectivity index (χ3v) is 7.36. The van der Waals surface area contributed by atoms with Crippen molar-refractivity contribution >= 4 is 21.6 Å². The van der Waals surface area contributed by atoms with Crippen LogP contribution in [-0.2, 0) is 21.1 Å². The molecule has 0 radical (unpaired) electrons. The summed E-state index contributed by atoms with van der Waals surface area (Å²) in [6, 6.07) is 8.41. The summed E-state index contributed by atoms with van der Waals surface area (Å²) in [5, 5.41) is -0.472. The molecule has 3 rings (SSSR count). The van der Waals surface area contributed by atoms with Crippen molar-refractivity contribution in [3.05, 3.63) is 41.7 Å². The molecule has 1 aliphatic heterocycles. The van der Waals surface area contributed by atoms with Crippen LogP contribution >= 0.6 is 0 Å². The van der Waals surface area contributed by atoms with E-state index < -0.39 is 15.1 Å². The molecule has 0 unspecified atom stereocenters. The number of piperazine rings is 1. The third kappa shape index (κ3) is 4.89. The normalized spacial score (nSPS) is 14.8. The number of rotatable bonds is 6. The summed E-state index contributed by atoms with van der Waals surface area (Å²) in [4.78, 5) is 25.6. The van der Waals surface area contributed by atoms with E-state index in [2.05, 4.69) is 14.9 Å². The number of aromatic nitrogens is 2. The molecule has 0 bridgehead atoms. The number of amides is 1. The van der Waals surface area contributed by atoms with E-state index in [1.807, 2.05) is 11.8 Å². The highest BCUT2D eigenvalue weighted by Gasteiger charge is 2.23. The van der Waals surface area contributed by atoms with E-state index >= 15 is 0 Å². The minimum atomic E-state index is -3.30. The zero-order valence-electron chi connectivity index (χ0n) is 17.8. The molecule has 9 heteroatoms. The molecule has 0 spiro atoms. The molecule has 2 heterocycles. The molecule has 162 valence electrons. The van der Waals surface area contributed by atoms with Gasteiger partial charge in [-0.3, -0.25) is 4.79 Å². The van der Waals surface area contributed by atoms with Gasteiger partial charge in [0.15, 0.2) is 9.84 Å². The van der Waals surface area contributed by atoms with Crippen molar-refractivity contribution in [3.8, 4) is 5.88 Å². The number of nitrogens with zero attached hydrogens (tertiary/aromatic N) is 4. The Hall–Kier alpha value is -2.68. The summed E-state index contributed by atoms with van der Waals surface area (Å²) in [6.07, 6.45) is 0.252. The lowest BCUT2D eigenvalue weighted by atomic mass is 10.1. The Balaban J connectivity index is 1.59. The second kappa shape index (κ2) is 8.99. The molecule has 0 atom stereocenters. The van der Waals surface area contributed by atoms with E-state index in [1.54, 1.807) is 51.3 Å². The first-order valence-electron chi connectivity index (χ1n) is 9.96.